The van der Waals surface area contributed by atoms with Gasteiger partial charge >= 0.3 is 0 Å². The van der Waals surface area contributed by atoms with Gasteiger partial charge in [0.15, 0.2) is 0 Å². The Morgan fingerprint density at radius 1 is 0.952 bits per heavy atom. The predicted octanol–water partition coefficient (Wildman–Crippen LogP) is 3.94. The number of sulfonamides is 2. The molecule has 1 amide bonds. The van der Waals surface area contributed by atoms with E-state index in [1.807, 2.05) is 0 Å². The molecule has 0 radical (unpaired) electrons. The van der Waals surface area contributed by atoms with Gasteiger partial charge in [-0.2, -0.15) is 0 Å². The van der Waals surface area contributed by atoms with Crippen LogP contribution in [-0.2, 0) is 24.8 Å². The molecule has 0 saturated heterocycles. The Bertz CT molecular complexity index is 1820. The van der Waals surface area contributed by atoms with Crippen LogP contribution in [0, 0.1) is 17.0 Å². The Hall–Kier alpha value is -5.02. The summed E-state index contributed by atoms with van der Waals surface area (Å²) in [7, 11) is -6.97. The van der Waals surface area contributed by atoms with Crippen molar-refractivity contribution in [1.29, 1.82) is 0 Å². The van der Waals surface area contributed by atoms with E-state index in [4.69, 9.17) is 4.74 Å². The summed E-state index contributed by atoms with van der Waals surface area (Å²) in [4.78, 5) is 27.3. The van der Waals surface area contributed by atoms with E-state index in [2.05, 4.69) is 15.0 Å². The first-order valence-corrected chi connectivity index (χ1v) is 15.1. The molecule has 3 aromatic carbocycles. The minimum absolute atomic E-state index is 0.0884. The van der Waals surface area contributed by atoms with E-state index in [9.17, 15) is 31.7 Å². The maximum absolute atomic E-state index is 13.7. The van der Waals surface area contributed by atoms with Crippen molar-refractivity contribution in [3.8, 4) is 5.75 Å². The second-order valence-electron chi connectivity index (χ2n) is 8.81. The summed E-state index contributed by atoms with van der Waals surface area (Å²) in [5, 5.41) is 14.0. The highest BCUT2D eigenvalue weighted by atomic mass is 32.2. The normalized spacial score (nSPS) is 11.4. The van der Waals surface area contributed by atoms with Crippen molar-refractivity contribution in [2.24, 2.45) is 0 Å². The second kappa shape index (κ2) is 12.2. The molecule has 0 atom stereocenters. The molecule has 15 heteroatoms. The molecule has 13 nitrogen and oxygen atoms in total. The van der Waals surface area contributed by atoms with Crippen LogP contribution >= 0.6 is 0 Å². The highest BCUT2D eigenvalue weighted by Gasteiger charge is 2.29. The first-order valence-electron chi connectivity index (χ1n) is 12.2. The molecule has 0 aliphatic heterocycles. The summed E-state index contributed by atoms with van der Waals surface area (Å²) >= 11 is 0. The van der Waals surface area contributed by atoms with E-state index in [1.165, 1.54) is 87.0 Å². The van der Waals surface area contributed by atoms with Gasteiger partial charge in [0.2, 0.25) is 5.91 Å². The van der Waals surface area contributed by atoms with Crippen LogP contribution in [0.1, 0.15) is 5.56 Å². The average molecular weight is 612 g/mol. The molecule has 4 rings (SSSR count). The molecule has 4 aromatic rings. The lowest BCUT2D eigenvalue weighted by Crippen LogP contribution is -2.38. The van der Waals surface area contributed by atoms with Gasteiger partial charge in [0, 0.05) is 23.5 Å². The minimum Gasteiger partial charge on any atom is -0.497 e. The summed E-state index contributed by atoms with van der Waals surface area (Å²) in [6.07, 6.45) is 1.44. The smallest absolute Gasteiger partial charge is 0.273 e. The Morgan fingerprint density at radius 2 is 1.62 bits per heavy atom. The van der Waals surface area contributed by atoms with Gasteiger partial charge in [-0.15, -0.1) is 0 Å². The first kappa shape index (κ1) is 30.0. The zero-order valence-electron chi connectivity index (χ0n) is 22.3. The Morgan fingerprint density at radius 3 is 2.21 bits per heavy atom. The maximum Gasteiger partial charge on any atom is 0.273 e. The quantitative estimate of drug-likeness (QED) is 0.188. The number of hydrogen-bond donors (Lipinski definition) is 2. The number of nitrogens with one attached hydrogen (secondary N) is 2. The third kappa shape index (κ3) is 6.82. The summed E-state index contributed by atoms with van der Waals surface area (Å²) < 4.78 is 60.9. The van der Waals surface area contributed by atoms with E-state index < -0.39 is 37.4 Å². The fraction of sp³-hybridized carbons (Fsp3) is 0.111. The van der Waals surface area contributed by atoms with Crippen molar-refractivity contribution < 1.29 is 31.3 Å². The molecule has 2 N–H and O–H groups in total. The molecular formula is C27H25N5O8S2. The van der Waals surface area contributed by atoms with Crippen molar-refractivity contribution in [2.45, 2.75) is 16.7 Å². The molecule has 0 aliphatic rings. The van der Waals surface area contributed by atoms with Crippen molar-refractivity contribution in [2.75, 3.05) is 28.0 Å². The van der Waals surface area contributed by atoms with Gasteiger partial charge in [0.05, 0.1) is 27.5 Å². The fourth-order valence-corrected chi connectivity index (χ4v) is 6.26. The number of nitrogens with zero attached hydrogens (tertiary/aromatic N) is 3. The summed E-state index contributed by atoms with van der Waals surface area (Å²) in [5.74, 6) is -0.175. The van der Waals surface area contributed by atoms with Crippen LogP contribution in [0.4, 0.5) is 22.9 Å². The van der Waals surface area contributed by atoms with Gasteiger partial charge in [-0.05, 0) is 73.7 Å². The van der Waals surface area contributed by atoms with Crippen LogP contribution in [-0.4, -0.2) is 46.3 Å². The Balaban J connectivity index is 1.58. The summed E-state index contributed by atoms with van der Waals surface area (Å²) in [6.45, 7) is 0.784. The maximum atomic E-state index is 13.7. The molecule has 0 spiro atoms. The van der Waals surface area contributed by atoms with E-state index in [0.29, 0.717) is 5.75 Å². The number of nitro groups is 1. The molecule has 1 heterocycles. The Kier molecular flexibility index (Phi) is 8.73. The van der Waals surface area contributed by atoms with Crippen molar-refractivity contribution in [3.63, 3.8) is 0 Å². The number of nitro benzene ring substituents is 1. The number of anilines is 3. The summed E-state index contributed by atoms with van der Waals surface area (Å²) in [5.41, 5.74) is 0.197. The van der Waals surface area contributed by atoms with Gasteiger partial charge in [0.1, 0.15) is 18.1 Å². The Labute approximate surface area is 242 Å². The van der Waals surface area contributed by atoms with E-state index in [-0.39, 0.29) is 38.2 Å². The topological polar surface area (TPSA) is 178 Å². The van der Waals surface area contributed by atoms with Gasteiger partial charge in [0.25, 0.3) is 25.7 Å². The molecule has 0 fully saturated rings. The van der Waals surface area contributed by atoms with E-state index >= 15 is 0 Å². The van der Waals surface area contributed by atoms with Crippen LogP contribution in [0.25, 0.3) is 0 Å². The number of benzene rings is 3. The molecule has 218 valence electrons. The number of amides is 1. The molecule has 0 aliphatic carbocycles. The molecule has 0 unspecified atom stereocenters. The standard InChI is InChI=1S/C27H25N5O8S2/c1-19-6-13-24(17-25(19)32(34)35)42(38,39)31(21-9-11-22(40-2)12-10-21)18-27(33)29-20-7-14-23(15-8-20)41(36,37)30-26-5-3-4-16-28-26/h3-17H,18H2,1-2H3,(H,28,30)(H,29,33). The van der Waals surface area contributed by atoms with E-state index in [0.717, 1.165) is 10.4 Å². The molecule has 42 heavy (non-hydrogen) atoms. The predicted molar refractivity (Wildman–Crippen MR) is 155 cm³/mol. The third-order valence-electron chi connectivity index (χ3n) is 5.97. The third-order valence-corrected chi connectivity index (χ3v) is 9.11. The number of aromatic nitrogens is 1. The van der Waals surface area contributed by atoms with Crippen LogP contribution in [0.5, 0.6) is 5.75 Å². The number of rotatable bonds is 11. The van der Waals surface area contributed by atoms with Crippen molar-refractivity contribution >= 4 is 48.8 Å². The van der Waals surface area contributed by atoms with Crippen LogP contribution in [0.15, 0.2) is 101 Å². The van der Waals surface area contributed by atoms with Gasteiger partial charge in [-0.1, -0.05) is 12.1 Å². The number of hydrogen-bond acceptors (Lipinski definition) is 9. The first-order chi connectivity index (χ1) is 19.9. The molecule has 1 aromatic heterocycles. The number of aryl methyl sites for hydroxylation is 1. The monoisotopic (exact) mass is 611 g/mol. The average Bonchev–Trinajstić information content (AvgIpc) is 2.96. The van der Waals surface area contributed by atoms with Gasteiger partial charge in [-0.25, -0.2) is 21.8 Å². The number of methoxy groups -OCH3 is 1. The minimum atomic E-state index is -4.46. The highest BCUT2D eigenvalue weighted by molar-refractivity contribution is 7.93. The molecular weight excluding hydrogens is 586 g/mol. The lowest BCUT2D eigenvalue weighted by Gasteiger charge is -2.24. The zero-order chi connectivity index (χ0) is 30.5. The van der Waals surface area contributed by atoms with Gasteiger partial charge < -0.3 is 10.1 Å². The molecule has 0 bridgehead atoms. The van der Waals surface area contributed by atoms with Crippen LogP contribution in [0.3, 0.4) is 0 Å². The molecule has 0 saturated carbocycles. The lowest BCUT2D eigenvalue weighted by molar-refractivity contribution is -0.385. The number of carbonyl (C=O) groups excluding carboxylic acids is 1. The number of ether oxygens (including phenoxy) is 1. The largest absolute Gasteiger partial charge is 0.497 e. The van der Waals surface area contributed by atoms with Crippen molar-refractivity contribution in [1.82, 2.24) is 4.98 Å². The van der Waals surface area contributed by atoms with Crippen LogP contribution in [0.2, 0.25) is 0 Å². The second-order valence-corrected chi connectivity index (χ2v) is 12.4. The zero-order valence-corrected chi connectivity index (χ0v) is 23.9. The number of carbonyl (C=O) groups is 1. The van der Waals surface area contributed by atoms with Crippen LogP contribution < -0.4 is 19.1 Å². The lowest BCUT2D eigenvalue weighted by atomic mass is 10.2. The number of pyridine rings is 1. The highest BCUT2D eigenvalue weighted by Crippen LogP contribution is 2.29. The SMILES string of the molecule is COc1ccc(N(CC(=O)Nc2ccc(S(=O)(=O)Nc3ccccn3)cc2)S(=O)(=O)c2ccc(C)c([N+](=O)[O-])c2)cc1. The summed E-state index contributed by atoms with van der Waals surface area (Å²) in [6, 6.07) is 19.3. The van der Waals surface area contributed by atoms with E-state index in [1.54, 1.807) is 12.1 Å². The van der Waals surface area contributed by atoms with Gasteiger partial charge in [-0.3, -0.25) is 23.9 Å². The van der Waals surface area contributed by atoms with Crippen molar-refractivity contribution in [3.05, 3.63) is 107 Å². The fourth-order valence-electron chi connectivity index (χ4n) is 3.81.